The van der Waals surface area contributed by atoms with Crippen LogP contribution in [0.4, 0.5) is 0 Å². The van der Waals surface area contributed by atoms with Crippen molar-refractivity contribution in [1.82, 2.24) is 4.57 Å². The second-order valence-electron chi connectivity index (χ2n) is 10.1. The van der Waals surface area contributed by atoms with E-state index in [0.717, 1.165) is 19.3 Å². The first kappa shape index (κ1) is 17.4. The lowest BCUT2D eigenvalue weighted by atomic mass is 9.91. The fourth-order valence-electron chi connectivity index (χ4n) is 7.10. The Kier molecular flexibility index (Phi) is 3.00. The van der Waals surface area contributed by atoms with Crippen LogP contribution >= 0.6 is 0 Å². The summed E-state index contributed by atoms with van der Waals surface area (Å²) in [4.78, 5) is 0. The lowest BCUT2D eigenvalue weighted by Crippen LogP contribution is -2.09. The smallest absolute Gasteiger partial charge is 0.0579 e. The number of para-hydroxylation sites is 2. The molecule has 34 heavy (non-hydrogen) atoms. The Morgan fingerprint density at radius 2 is 1.21 bits per heavy atom. The van der Waals surface area contributed by atoms with Crippen molar-refractivity contribution in [2.45, 2.75) is 19.3 Å². The average molecular weight is 432 g/mol. The van der Waals surface area contributed by atoms with Crippen molar-refractivity contribution < 1.29 is 0 Å². The molecule has 3 aliphatic rings. The highest BCUT2D eigenvalue weighted by molar-refractivity contribution is 6.12. The van der Waals surface area contributed by atoms with Gasteiger partial charge in [0, 0.05) is 22.8 Å². The van der Waals surface area contributed by atoms with Crippen molar-refractivity contribution in [3.05, 3.63) is 124 Å². The third-order valence-corrected chi connectivity index (χ3v) is 8.43. The molecule has 1 nitrogen and oxygen atoms in total. The van der Waals surface area contributed by atoms with Crippen molar-refractivity contribution in [2.24, 2.45) is 0 Å². The van der Waals surface area contributed by atoms with Gasteiger partial charge in [-0.15, -0.1) is 0 Å². The molecule has 1 aromatic heterocycles. The van der Waals surface area contributed by atoms with Gasteiger partial charge in [0.05, 0.1) is 16.7 Å². The second-order valence-corrected chi connectivity index (χ2v) is 10.1. The number of hydrogen-bond donors (Lipinski definition) is 0. The zero-order valence-electron chi connectivity index (χ0n) is 18.7. The van der Waals surface area contributed by atoms with Gasteiger partial charge in [-0.25, -0.2) is 0 Å². The van der Waals surface area contributed by atoms with Gasteiger partial charge in [0.15, 0.2) is 0 Å². The van der Waals surface area contributed by atoms with Gasteiger partial charge >= 0.3 is 0 Å². The number of rotatable bonds is 0. The first-order valence-electron chi connectivity index (χ1n) is 12.3. The summed E-state index contributed by atoms with van der Waals surface area (Å²) in [6.07, 6.45) is 3.09. The molecule has 6 aromatic rings. The molecule has 0 saturated heterocycles. The molecule has 2 aliphatic carbocycles. The second kappa shape index (κ2) is 5.87. The highest BCUT2D eigenvalue weighted by Crippen LogP contribution is 2.52. The molecule has 0 radical (unpaired) electrons. The molecule has 9 rings (SSSR count). The predicted octanol–water partition coefficient (Wildman–Crippen LogP) is 7.83. The zero-order valence-corrected chi connectivity index (χ0v) is 18.7. The Morgan fingerprint density at radius 1 is 0.471 bits per heavy atom. The van der Waals surface area contributed by atoms with Gasteiger partial charge < -0.3 is 4.57 Å². The van der Waals surface area contributed by atoms with Crippen molar-refractivity contribution in [3.63, 3.8) is 0 Å². The number of aromatic nitrogens is 1. The summed E-state index contributed by atoms with van der Waals surface area (Å²) in [5, 5.41) is 2.73. The van der Waals surface area contributed by atoms with E-state index in [1.54, 1.807) is 0 Å². The van der Waals surface area contributed by atoms with Gasteiger partial charge in [0.2, 0.25) is 0 Å². The summed E-state index contributed by atoms with van der Waals surface area (Å²) in [5.41, 5.74) is 18.8. The van der Waals surface area contributed by atoms with Crippen molar-refractivity contribution in [3.8, 4) is 27.9 Å². The third-order valence-electron chi connectivity index (χ3n) is 8.43. The first-order chi connectivity index (χ1) is 16.9. The molecule has 0 atom stereocenters. The fourth-order valence-corrected chi connectivity index (χ4v) is 7.10. The van der Waals surface area contributed by atoms with Crippen molar-refractivity contribution >= 4 is 21.8 Å². The lowest BCUT2D eigenvalue weighted by Gasteiger charge is -2.24. The van der Waals surface area contributed by atoms with Crippen molar-refractivity contribution in [2.75, 3.05) is 0 Å². The molecule has 5 aromatic carbocycles. The van der Waals surface area contributed by atoms with Crippen LogP contribution in [0, 0.1) is 0 Å². The highest BCUT2D eigenvalue weighted by Gasteiger charge is 2.33. The summed E-state index contributed by atoms with van der Waals surface area (Å²) in [5.74, 6) is 0. The van der Waals surface area contributed by atoms with E-state index in [9.17, 15) is 0 Å². The maximum atomic E-state index is 2.58. The van der Waals surface area contributed by atoms with Crippen molar-refractivity contribution in [1.29, 1.82) is 0 Å². The molecule has 1 heteroatoms. The maximum Gasteiger partial charge on any atom is 0.0579 e. The minimum atomic E-state index is 0.999. The van der Waals surface area contributed by atoms with Crippen LogP contribution in [0.15, 0.2) is 91.0 Å². The summed E-state index contributed by atoms with van der Waals surface area (Å²) >= 11 is 0. The van der Waals surface area contributed by atoms with Crippen LogP contribution in [0.5, 0.6) is 0 Å². The van der Waals surface area contributed by atoms with E-state index in [4.69, 9.17) is 0 Å². The van der Waals surface area contributed by atoms with Gasteiger partial charge in [-0.05, 0) is 69.0 Å². The van der Waals surface area contributed by atoms with Crippen LogP contribution in [0.3, 0.4) is 0 Å². The summed E-state index contributed by atoms with van der Waals surface area (Å²) < 4.78 is 2.58. The molecule has 2 heterocycles. The molecule has 1 aliphatic heterocycles. The molecule has 0 spiro atoms. The Bertz CT molecular complexity index is 1880. The molecule has 0 bridgehead atoms. The minimum Gasteiger partial charge on any atom is -0.308 e. The van der Waals surface area contributed by atoms with E-state index in [1.807, 2.05) is 0 Å². The Labute approximate surface area is 197 Å². The van der Waals surface area contributed by atoms with E-state index in [-0.39, 0.29) is 0 Å². The lowest BCUT2D eigenvalue weighted by molar-refractivity contribution is 1.04. The summed E-state index contributed by atoms with van der Waals surface area (Å²) in [6, 6.07) is 34.3. The van der Waals surface area contributed by atoms with Crippen LogP contribution in [-0.4, -0.2) is 4.57 Å². The minimum absolute atomic E-state index is 0.999. The molecule has 0 saturated carbocycles. The van der Waals surface area contributed by atoms with Crippen LogP contribution in [-0.2, 0) is 19.3 Å². The van der Waals surface area contributed by atoms with E-state index < -0.39 is 0 Å². The van der Waals surface area contributed by atoms with Crippen LogP contribution < -0.4 is 0 Å². The topological polar surface area (TPSA) is 4.93 Å². The number of benzene rings is 5. The van der Waals surface area contributed by atoms with E-state index in [2.05, 4.69) is 95.6 Å². The first-order valence-corrected chi connectivity index (χ1v) is 12.3. The Morgan fingerprint density at radius 3 is 2.21 bits per heavy atom. The molecule has 0 N–H and O–H groups in total. The van der Waals surface area contributed by atoms with Crippen LogP contribution in [0.2, 0.25) is 0 Å². The quantitative estimate of drug-likeness (QED) is 0.231. The average Bonchev–Trinajstić information content (AvgIpc) is 3.54. The summed E-state index contributed by atoms with van der Waals surface area (Å²) in [7, 11) is 0. The molecule has 0 unspecified atom stereocenters. The van der Waals surface area contributed by atoms with Crippen LogP contribution in [0.25, 0.3) is 49.7 Å². The molecule has 0 fully saturated rings. The maximum absolute atomic E-state index is 2.58. The monoisotopic (exact) mass is 431 g/mol. The Balaban J connectivity index is 1.41. The third kappa shape index (κ3) is 1.94. The standard InChI is InChI=1S/C33H21N/c1-2-8-24-19(6-1)16-20-14-15-26-28(30(20)24)18-21-12-13-23-17-22-7-5-10-27-25-9-3-4-11-29(25)34(32(22)27)33(23)31(21)26/h1-15H,16-18H2. The number of nitrogens with zero attached hydrogens (tertiary/aromatic N) is 1. The molecule has 0 amide bonds. The normalized spacial score (nSPS) is 14.1. The number of fused-ring (bicyclic) bond motifs is 13. The highest BCUT2D eigenvalue weighted by atomic mass is 15.0. The number of hydrogen-bond acceptors (Lipinski definition) is 0. The van der Waals surface area contributed by atoms with Gasteiger partial charge in [-0.2, -0.15) is 0 Å². The molecular weight excluding hydrogens is 410 g/mol. The Hall–Kier alpha value is -4.10. The van der Waals surface area contributed by atoms with Gasteiger partial charge in [0.1, 0.15) is 0 Å². The van der Waals surface area contributed by atoms with Gasteiger partial charge in [0.25, 0.3) is 0 Å². The van der Waals surface area contributed by atoms with E-state index in [0.29, 0.717) is 0 Å². The van der Waals surface area contributed by atoms with Gasteiger partial charge in [-0.1, -0.05) is 84.9 Å². The van der Waals surface area contributed by atoms with E-state index in [1.165, 1.54) is 83.1 Å². The van der Waals surface area contributed by atoms with E-state index >= 15 is 0 Å². The largest absolute Gasteiger partial charge is 0.308 e. The molecule has 158 valence electrons. The predicted molar refractivity (Wildman–Crippen MR) is 140 cm³/mol. The summed E-state index contributed by atoms with van der Waals surface area (Å²) in [6.45, 7) is 0. The molecular formula is C33H21N. The van der Waals surface area contributed by atoms with Gasteiger partial charge in [-0.3, -0.25) is 0 Å². The SMILES string of the molecule is c1ccc2c(c1)Cc1ccc3c(c1-2)Cc1ccc2c(c1-3)-n1c3ccccc3c3cccc(c31)C2. The zero-order chi connectivity index (χ0) is 22.0. The fraction of sp³-hybridized carbons (Fsp3) is 0.0909. The van der Waals surface area contributed by atoms with Crippen LogP contribution in [0.1, 0.15) is 33.4 Å².